The Kier molecular flexibility index (Phi) is 4.83. The fraction of sp³-hybridized carbons (Fsp3) is 0.105. The maximum atomic E-state index is 6.25. The van der Waals surface area contributed by atoms with Gasteiger partial charge in [0.25, 0.3) is 0 Å². The molecule has 0 amide bonds. The van der Waals surface area contributed by atoms with E-state index in [1.165, 1.54) is 0 Å². The third kappa shape index (κ3) is 3.67. The molecule has 0 radical (unpaired) electrons. The number of halogens is 2. The fourth-order valence-electron chi connectivity index (χ4n) is 2.68. The summed E-state index contributed by atoms with van der Waals surface area (Å²) in [4.78, 5) is 8.66. The van der Waals surface area contributed by atoms with Crippen molar-refractivity contribution >= 4 is 28.9 Å². The van der Waals surface area contributed by atoms with Crippen LogP contribution < -0.4 is 5.32 Å². The summed E-state index contributed by atoms with van der Waals surface area (Å²) in [6.07, 6.45) is 5.39. The van der Waals surface area contributed by atoms with Crippen LogP contribution >= 0.6 is 23.2 Å². The van der Waals surface area contributed by atoms with Crippen LogP contribution in [0.5, 0.6) is 0 Å². The van der Waals surface area contributed by atoms with E-state index in [9.17, 15) is 0 Å². The van der Waals surface area contributed by atoms with Gasteiger partial charge in [0, 0.05) is 43.0 Å². The fourth-order valence-corrected chi connectivity index (χ4v) is 3.27. The summed E-state index contributed by atoms with van der Waals surface area (Å²) in [6, 6.07) is 10.9. The number of nitrogens with zero attached hydrogens (tertiary/aromatic N) is 4. The van der Waals surface area contributed by atoms with Crippen LogP contribution in [0.25, 0.3) is 22.7 Å². The Morgan fingerprint density at radius 3 is 2.59 bits per heavy atom. The van der Waals surface area contributed by atoms with Crippen molar-refractivity contribution in [1.82, 2.24) is 19.7 Å². The summed E-state index contributed by atoms with van der Waals surface area (Å²) in [5.74, 6) is 1.46. The van der Waals surface area contributed by atoms with E-state index in [4.69, 9.17) is 27.7 Å². The molecule has 136 valence electrons. The van der Waals surface area contributed by atoms with Crippen molar-refractivity contribution in [2.45, 2.75) is 6.54 Å². The molecule has 4 aromatic rings. The van der Waals surface area contributed by atoms with Gasteiger partial charge in [-0.05, 0) is 24.3 Å². The summed E-state index contributed by atoms with van der Waals surface area (Å²) in [6.45, 7) is 0.601. The Morgan fingerprint density at radius 2 is 1.85 bits per heavy atom. The summed E-state index contributed by atoms with van der Waals surface area (Å²) < 4.78 is 7.43. The number of anilines is 1. The largest absolute Gasteiger partial charge is 0.378 e. The smallest absolute Gasteiger partial charge is 0.185 e. The van der Waals surface area contributed by atoms with Crippen molar-refractivity contribution < 1.29 is 4.52 Å². The van der Waals surface area contributed by atoms with Crippen LogP contribution in [0.1, 0.15) is 5.82 Å². The minimum Gasteiger partial charge on any atom is -0.378 e. The van der Waals surface area contributed by atoms with Crippen molar-refractivity contribution in [2.24, 2.45) is 7.05 Å². The molecule has 27 heavy (non-hydrogen) atoms. The van der Waals surface area contributed by atoms with Gasteiger partial charge < -0.3 is 14.4 Å². The van der Waals surface area contributed by atoms with E-state index < -0.39 is 0 Å². The number of nitrogens with one attached hydrogen (secondary N) is 1. The first kappa shape index (κ1) is 17.6. The molecule has 0 spiro atoms. The van der Waals surface area contributed by atoms with Crippen molar-refractivity contribution in [1.29, 1.82) is 0 Å². The van der Waals surface area contributed by atoms with Crippen molar-refractivity contribution in [2.75, 3.05) is 5.32 Å². The molecule has 0 unspecified atom stereocenters. The molecule has 4 rings (SSSR count). The van der Waals surface area contributed by atoms with Gasteiger partial charge in [-0.2, -0.15) is 0 Å². The Bertz CT molecular complexity index is 1070. The van der Waals surface area contributed by atoms with E-state index in [1.807, 2.05) is 29.9 Å². The molecule has 0 aliphatic rings. The van der Waals surface area contributed by atoms with Gasteiger partial charge in [0.15, 0.2) is 5.76 Å². The lowest BCUT2D eigenvalue weighted by Gasteiger charge is -2.07. The first-order valence-electron chi connectivity index (χ1n) is 8.19. The molecule has 8 heteroatoms. The average Bonchev–Trinajstić information content (AvgIpc) is 3.30. The highest BCUT2D eigenvalue weighted by Crippen LogP contribution is 2.35. The van der Waals surface area contributed by atoms with Gasteiger partial charge in [-0.25, -0.2) is 4.98 Å². The number of hydrogen-bond donors (Lipinski definition) is 1. The van der Waals surface area contributed by atoms with Gasteiger partial charge >= 0.3 is 0 Å². The second-order valence-electron chi connectivity index (χ2n) is 5.91. The third-order valence-corrected chi connectivity index (χ3v) is 4.74. The van der Waals surface area contributed by atoms with E-state index >= 15 is 0 Å². The van der Waals surface area contributed by atoms with E-state index in [2.05, 4.69) is 20.4 Å². The topological polar surface area (TPSA) is 68.8 Å². The molecule has 0 aliphatic heterocycles. The summed E-state index contributed by atoms with van der Waals surface area (Å²) >= 11 is 12.5. The summed E-state index contributed by atoms with van der Waals surface area (Å²) in [5.41, 5.74) is 2.76. The molecule has 6 nitrogen and oxygen atoms in total. The molecule has 0 aliphatic carbocycles. The molecule has 0 saturated heterocycles. The Labute approximate surface area is 165 Å². The van der Waals surface area contributed by atoms with Crippen LogP contribution in [0, 0.1) is 0 Å². The predicted octanol–water partition coefficient (Wildman–Crippen LogP) is 5.06. The van der Waals surface area contributed by atoms with E-state index in [0.29, 0.717) is 39.3 Å². The first-order chi connectivity index (χ1) is 13.1. The minimum absolute atomic E-state index is 0.515. The first-order valence-corrected chi connectivity index (χ1v) is 8.95. The second kappa shape index (κ2) is 7.42. The number of hydrogen-bond acceptors (Lipinski definition) is 5. The number of rotatable bonds is 5. The van der Waals surface area contributed by atoms with Crippen LogP contribution in [0.15, 0.2) is 59.5 Å². The highest BCUT2D eigenvalue weighted by atomic mass is 35.5. The van der Waals surface area contributed by atoms with E-state index in [-0.39, 0.29) is 0 Å². The van der Waals surface area contributed by atoms with Crippen LogP contribution in [0.3, 0.4) is 0 Å². The maximum Gasteiger partial charge on any atom is 0.185 e. The molecule has 3 aromatic heterocycles. The molecule has 0 atom stereocenters. The number of aromatic nitrogens is 4. The zero-order valence-corrected chi connectivity index (χ0v) is 15.9. The van der Waals surface area contributed by atoms with Crippen LogP contribution in [0.4, 0.5) is 5.69 Å². The number of pyridine rings is 1. The van der Waals surface area contributed by atoms with Crippen molar-refractivity contribution in [3.63, 3.8) is 0 Å². The molecule has 1 N–H and O–H groups in total. The standard InChI is InChI=1S/C19H15Cl2N5O/c1-26-8-7-23-18(26)11-24-12-5-6-22-15(9-12)17-10-16(25-27-17)19-13(20)3-2-4-14(19)21/h2-10H,11H2,1H3,(H,22,24). The number of benzene rings is 1. The molecule has 0 fully saturated rings. The second-order valence-corrected chi connectivity index (χ2v) is 6.73. The number of aryl methyl sites for hydroxylation is 1. The Hall–Kier alpha value is -2.83. The molecule has 1 aromatic carbocycles. The van der Waals surface area contributed by atoms with E-state index in [1.54, 1.807) is 36.7 Å². The zero-order valence-electron chi connectivity index (χ0n) is 14.4. The van der Waals surface area contributed by atoms with Crippen LogP contribution in [0.2, 0.25) is 10.0 Å². The highest BCUT2D eigenvalue weighted by molar-refractivity contribution is 6.39. The molecular weight excluding hydrogens is 385 g/mol. The highest BCUT2D eigenvalue weighted by Gasteiger charge is 2.15. The van der Waals surface area contributed by atoms with Gasteiger partial charge in [0.05, 0.1) is 16.6 Å². The normalized spacial score (nSPS) is 10.9. The van der Waals surface area contributed by atoms with Crippen LogP contribution in [-0.2, 0) is 13.6 Å². The SMILES string of the molecule is Cn1ccnc1CNc1ccnc(-c2cc(-c3c(Cl)cccc3Cl)no2)c1. The quantitative estimate of drug-likeness (QED) is 0.507. The lowest BCUT2D eigenvalue weighted by atomic mass is 10.1. The Balaban J connectivity index is 1.58. The summed E-state index contributed by atoms with van der Waals surface area (Å²) in [5, 5.41) is 8.45. The van der Waals surface area contributed by atoms with Gasteiger partial charge in [-0.15, -0.1) is 0 Å². The van der Waals surface area contributed by atoms with Crippen molar-refractivity contribution in [3.8, 4) is 22.7 Å². The zero-order chi connectivity index (χ0) is 18.8. The molecular formula is C19H15Cl2N5O. The van der Waals surface area contributed by atoms with Gasteiger partial charge in [0.1, 0.15) is 17.2 Å². The summed E-state index contributed by atoms with van der Waals surface area (Å²) in [7, 11) is 1.96. The lowest BCUT2D eigenvalue weighted by molar-refractivity contribution is 0.433. The number of imidazole rings is 1. The molecule has 3 heterocycles. The van der Waals surface area contributed by atoms with Crippen LogP contribution in [-0.4, -0.2) is 19.7 Å². The maximum absolute atomic E-state index is 6.25. The van der Waals surface area contributed by atoms with Gasteiger partial charge in [-0.3, -0.25) is 4.98 Å². The van der Waals surface area contributed by atoms with Gasteiger partial charge in [-0.1, -0.05) is 34.4 Å². The third-order valence-electron chi connectivity index (χ3n) is 4.11. The predicted molar refractivity (Wildman–Crippen MR) is 106 cm³/mol. The molecule has 0 saturated carbocycles. The minimum atomic E-state index is 0.515. The Morgan fingerprint density at radius 1 is 1.04 bits per heavy atom. The lowest BCUT2D eigenvalue weighted by Crippen LogP contribution is -2.05. The molecule has 0 bridgehead atoms. The average molecular weight is 400 g/mol. The van der Waals surface area contributed by atoms with Gasteiger partial charge in [0.2, 0.25) is 0 Å². The van der Waals surface area contributed by atoms with E-state index in [0.717, 1.165) is 11.5 Å². The monoisotopic (exact) mass is 399 g/mol. The van der Waals surface area contributed by atoms with Crippen molar-refractivity contribution in [3.05, 3.63) is 70.9 Å².